The van der Waals surface area contributed by atoms with Crippen molar-refractivity contribution in [1.29, 1.82) is 0 Å². The van der Waals surface area contributed by atoms with Gasteiger partial charge in [-0.2, -0.15) is 9.61 Å². The summed E-state index contributed by atoms with van der Waals surface area (Å²) in [5, 5.41) is 8.09. The third-order valence-corrected chi connectivity index (χ3v) is 3.70. The van der Waals surface area contributed by atoms with Gasteiger partial charge < -0.3 is 5.32 Å². The molecule has 5 heteroatoms. The molecule has 3 aromatic heterocycles. The van der Waals surface area contributed by atoms with Crippen LogP contribution >= 0.6 is 0 Å². The van der Waals surface area contributed by atoms with Crippen molar-refractivity contribution < 1.29 is 0 Å². The number of fused-ring (bicyclic) bond motifs is 1. The average Bonchev–Trinajstić information content (AvgIpc) is 2.84. The van der Waals surface area contributed by atoms with Gasteiger partial charge in [0.15, 0.2) is 5.65 Å². The van der Waals surface area contributed by atoms with Crippen molar-refractivity contribution in [2.75, 3.05) is 5.32 Å². The molecule has 22 heavy (non-hydrogen) atoms. The zero-order valence-corrected chi connectivity index (χ0v) is 13.5. The summed E-state index contributed by atoms with van der Waals surface area (Å²) in [6, 6.07) is 8.30. The third kappa shape index (κ3) is 2.79. The van der Waals surface area contributed by atoms with E-state index in [1.807, 2.05) is 42.8 Å². The standard InChI is InChI=1S/C17H21N5/c1-5-14(15-8-11(2)6-7-18-15)20-17-9-12(3)19-16-10-13(4)21-22(16)17/h6-10,14,20H,5H2,1-4H3. The number of nitrogens with one attached hydrogen (secondary N) is 1. The summed E-state index contributed by atoms with van der Waals surface area (Å²) in [6.07, 6.45) is 2.81. The maximum Gasteiger partial charge on any atom is 0.157 e. The van der Waals surface area contributed by atoms with Gasteiger partial charge in [0.2, 0.25) is 0 Å². The lowest BCUT2D eigenvalue weighted by Crippen LogP contribution is -2.14. The molecule has 0 saturated carbocycles. The Labute approximate surface area is 130 Å². The molecule has 0 aromatic carbocycles. The molecule has 3 aromatic rings. The second kappa shape index (κ2) is 5.75. The first-order valence-corrected chi connectivity index (χ1v) is 7.60. The molecule has 0 amide bonds. The van der Waals surface area contributed by atoms with E-state index >= 15 is 0 Å². The molecule has 3 rings (SSSR count). The highest BCUT2D eigenvalue weighted by Crippen LogP contribution is 2.23. The lowest BCUT2D eigenvalue weighted by atomic mass is 10.1. The third-order valence-electron chi connectivity index (χ3n) is 3.70. The SMILES string of the molecule is CCC(Nc1cc(C)nc2cc(C)nn12)c1cc(C)ccn1. The second-order valence-corrected chi connectivity index (χ2v) is 5.70. The Balaban J connectivity index is 2.00. The highest BCUT2D eigenvalue weighted by atomic mass is 15.3. The molecule has 0 spiro atoms. The van der Waals surface area contributed by atoms with Crippen LogP contribution in [0.2, 0.25) is 0 Å². The van der Waals surface area contributed by atoms with E-state index in [9.17, 15) is 0 Å². The van der Waals surface area contributed by atoms with E-state index in [2.05, 4.69) is 40.3 Å². The number of nitrogens with zero attached hydrogens (tertiary/aromatic N) is 4. The normalized spacial score (nSPS) is 12.5. The van der Waals surface area contributed by atoms with Crippen LogP contribution in [0.15, 0.2) is 30.5 Å². The monoisotopic (exact) mass is 295 g/mol. The molecule has 1 unspecified atom stereocenters. The molecule has 0 aliphatic heterocycles. The molecule has 0 aliphatic rings. The van der Waals surface area contributed by atoms with Crippen molar-refractivity contribution in [2.24, 2.45) is 0 Å². The maximum absolute atomic E-state index is 4.52. The Bertz CT molecular complexity index is 806. The fraction of sp³-hybridized carbons (Fsp3) is 0.353. The molecular formula is C17H21N5. The Morgan fingerprint density at radius 2 is 1.95 bits per heavy atom. The summed E-state index contributed by atoms with van der Waals surface area (Å²) in [6.45, 7) is 8.22. The Morgan fingerprint density at radius 1 is 1.14 bits per heavy atom. The predicted molar refractivity (Wildman–Crippen MR) is 88.1 cm³/mol. The first kappa shape index (κ1) is 14.5. The van der Waals surface area contributed by atoms with Crippen molar-refractivity contribution in [3.63, 3.8) is 0 Å². The van der Waals surface area contributed by atoms with Gasteiger partial charge in [-0.25, -0.2) is 4.98 Å². The molecule has 1 N–H and O–H groups in total. The van der Waals surface area contributed by atoms with Gasteiger partial charge in [0.1, 0.15) is 5.82 Å². The van der Waals surface area contributed by atoms with E-state index in [4.69, 9.17) is 0 Å². The summed E-state index contributed by atoms with van der Waals surface area (Å²) < 4.78 is 1.86. The molecule has 5 nitrogen and oxygen atoms in total. The average molecular weight is 295 g/mol. The number of pyridine rings is 1. The smallest absolute Gasteiger partial charge is 0.157 e. The van der Waals surface area contributed by atoms with Crippen LogP contribution in [0.4, 0.5) is 5.82 Å². The minimum absolute atomic E-state index is 0.148. The highest BCUT2D eigenvalue weighted by Gasteiger charge is 2.14. The van der Waals surface area contributed by atoms with Crippen molar-refractivity contribution in [1.82, 2.24) is 19.6 Å². The van der Waals surface area contributed by atoms with Crippen LogP contribution in [-0.4, -0.2) is 19.6 Å². The van der Waals surface area contributed by atoms with E-state index in [-0.39, 0.29) is 6.04 Å². The van der Waals surface area contributed by atoms with Crippen molar-refractivity contribution >= 4 is 11.5 Å². The fourth-order valence-corrected chi connectivity index (χ4v) is 2.63. The summed E-state index contributed by atoms with van der Waals surface area (Å²) in [7, 11) is 0. The lowest BCUT2D eigenvalue weighted by molar-refractivity contribution is 0.709. The topological polar surface area (TPSA) is 55.1 Å². The van der Waals surface area contributed by atoms with Gasteiger partial charge in [-0.05, 0) is 44.9 Å². The van der Waals surface area contributed by atoms with E-state index < -0.39 is 0 Å². The Hall–Kier alpha value is -2.43. The van der Waals surface area contributed by atoms with Gasteiger partial charge in [-0.15, -0.1) is 0 Å². The van der Waals surface area contributed by atoms with Crippen molar-refractivity contribution in [2.45, 2.75) is 40.2 Å². The van der Waals surface area contributed by atoms with Gasteiger partial charge >= 0.3 is 0 Å². The van der Waals surface area contributed by atoms with Gasteiger partial charge in [0, 0.05) is 24.0 Å². The van der Waals surface area contributed by atoms with Crippen LogP contribution < -0.4 is 5.32 Å². The molecule has 3 heterocycles. The molecule has 0 aliphatic carbocycles. The molecule has 0 radical (unpaired) electrons. The zero-order valence-electron chi connectivity index (χ0n) is 13.5. The van der Waals surface area contributed by atoms with Crippen molar-refractivity contribution in [3.8, 4) is 0 Å². The van der Waals surface area contributed by atoms with Crippen LogP contribution in [-0.2, 0) is 0 Å². The van der Waals surface area contributed by atoms with Crippen LogP contribution in [0, 0.1) is 20.8 Å². The zero-order chi connectivity index (χ0) is 15.7. The van der Waals surface area contributed by atoms with Gasteiger partial charge in [0.25, 0.3) is 0 Å². The summed E-state index contributed by atoms with van der Waals surface area (Å²) in [4.78, 5) is 9.03. The first-order valence-electron chi connectivity index (χ1n) is 7.60. The Morgan fingerprint density at radius 3 is 2.68 bits per heavy atom. The van der Waals surface area contributed by atoms with Crippen LogP contribution in [0.3, 0.4) is 0 Å². The van der Waals surface area contributed by atoms with Crippen LogP contribution in [0.5, 0.6) is 0 Å². The number of aromatic nitrogens is 4. The molecule has 0 fully saturated rings. The molecular weight excluding hydrogens is 274 g/mol. The van der Waals surface area contributed by atoms with E-state index in [0.29, 0.717) is 0 Å². The fourth-order valence-electron chi connectivity index (χ4n) is 2.63. The minimum Gasteiger partial charge on any atom is -0.362 e. The summed E-state index contributed by atoms with van der Waals surface area (Å²) >= 11 is 0. The Kier molecular flexibility index (Phi) is 3.79. The number of hydrogen-bond donors (Lipinski definition) is 1. The molecule has 114 valence electrons. The van der Waals surface area contributed by atoms with Gasteiger partial charge in [0.05, 0.1) is 17.4 Å². The largest absolute Gasteiger partial charge is 0.362 e. The van der Waals surface area contributed by atoms with Gasteiger partial charge in [-0.1, -0.05) is 6.92 Å². The maximum atomic E-state index is 4.52. The van der Waals surface area contributed by atoms with E-state index in [1.54, 1.807) is 0 Å². The first-order chi connectivity index (χ1) is 10.6. The van der Waals surface area contributed by atoms with Crippen LogP contribution in [0.25, 0.3) is 5.65 Å². The quantitative estimate of drug-likeness (QED) is 0.799. The number of hydrogen-bond acceptors (Lipinski definition) is 4. The minimum atomic E-state index is 0.148. The van der Waals surface area contributed by atoms with Crippen molar-refractivity contribution in [3.05, 3.63) is 53.1 Å². The number of anilines is 1. The number of aryl methyl sites for hydroxylation is 3. The highest BCUT2D eigenvalue weighted by molar-refractivity contribution is 5.51. The molecule has 0 saturated heterocycles. The van der Waals surface area contributed by atoms with Gasteiger partial charge in [-0.3, -0.25) is 4.98 Å². The second-order valence-electron chi connectivity index (χ2n) is 5.70. The lowest BCUT2D eigenvalue weighted by Gasteiger charge is -2.19. The number of rotatable bonds is 4. The van der Waals surface area contributed by atoms with E-state index in [1.165, 1.54) is 5.56 Å². The van der Waals surface area contributed by atoms with Crippen LogP contribution in [0.1, 0.15) is 42.0 Å². The molecule has 0 bridgehead atoms. The summed E-state index contributed by atoms with van der Waals surface area (Å²) in [5.41, 5.74) is 5.07. The summed E-state index contributed by atoms with van der Waals surface area (Å²) in [5.74, 6) is 0.950. The molecule has 1 atom stereocenters. The van der Waals surface area contributed by atoms with E-state index in [0.717, 1.165) is 35.0 Å². The predicted octanol–water partition coefficient (Wildman–Crippen LogP) is 3.61.